The van der Waals surface area contributed by atoms with Crippen LogP contribution in [0.15, 0.2) is 42.5 Å². The normalized spacial score (nSPS) is 12.3. The molecule has 0 heterocycles. The maximum atomic E-state index is 12.8. The summed E-state index contributed by atoms with van der Waals surface area (Å²) in [5.41, 5.74) is 1.21. The molecule has 2 aromatic carbocycles. The van der Waals surface area contributed by atoms with Crippen molar-refractivity contribution >= 4 is 24.2 Å². The van der Waals surface area contributed by atoms with Crippen LogP contribution in [0.25, 0.3) is 11.1 Å². The van der Waals surface area contributed by atoms with Crippen molar-refractivity contribution in [3.8, 4) is 16.9 Å². The minimum atomic E-state index is -1.25. The van der Waals surface area contributed by atoms with Gasteiger partial charge in [0.15, 0.2) is 0 Å². The predicted molar refractivity (Wildman–Crippen MR) is 132 cm³/mol. The molecule has 36 heavy (non-hydrogen) atoms. The molecule has 2 atom stereocenters. The molecule has 0 spiro atoms. The molecule has 194 valence electrons. The molecule has 2 aromatic rings. The number of amides is 3. The molecule has 0 unspecified atom stereocenters. The number of benzene rings is 2. The molecule has 0 aliphatic heterocycles. The van der Waals surface area contributed by atoms with Gasteiger partial charge in [-0.1, -0.05) is 51.3 Å². The van der Waals surface area contributed by atoms with Gasteiger partial charge in [-0.2, -0.15) is 0 Å². The zero-order valence-corrected chi connectivity index (χ0v) is 20.4. The van der Waals surface area contributed by atoms with Crippen LogP contribution in [0.5, 0.6) is 5.75 Å². The van der Waals surface area contributed by atoms with Crippen LogP contribution in [0.2, 0.25) is 0 Å². The van der Waals surface area contributed by atoms with Gasteiger partial charge in [-0.15, -0.1) is 0 Å². The van der Waals surface area contributed by atoms with E-state index in [0.717, 1.165) is 19.3 Å². The third kappa shape index (κ3) is 7.54. The molecule has 0 bridgehead atoms. The SMILES string of the molecule is CCCCC[C@@H](C(=O)NCNC(=O)c1cccc(-c2ccc(C(=O)O)c(O)c2)c1)[C@@H](CC)N(O)C=O. The average Bonchev–Trinajstić information content (AvgIpc) is 2.87. The van der Waals surface area contributed by atoms with Crippen LogP contribution >= 0.6 is 0 Å². The molecule has 0 saturated carbocycles. The van der Waals surface area contributed by atoms with Crippen LogP contribution in [0.4, 0.5) is 0 Å². The van der Waals surface area contributed by atoms with Crippen LogP contribution in [0, 0.1) is 5.92 Å². The Morgan fingerprint density at radius 3 is 2.36 bits per heavy atom. The number of nitrogens with zero attached hydrogens (tertiary/aromatic N) is 1. The summed E-state index contributed by atoms with van der Waals surface area (Å²) in [7, 11) is 0. The molecule has 2 rings (SSSR count). The van der Waals surface area contributed by atoms with E-state index in [4.69, 9.17) is 5.11 Å². The molecule has 0 aromatic heterocycles. The third-order valence-corrected chi connectivity index (χ3v) is 5.98. The van der Waals surface area contributed by atoms with E-state index >= 15 is 0 Å². The molecule has 10 nitrogen and oxygen atoms in total. The summed E-state index contributed by atoms with van der Waals surface area (Å²) in [6.45, 7) is 3.67. The number of aromatic carboxylic acids is 1. The summed E-state index contributed by atoms with van der Waals surface area (Å²) < 4.78 is 0. The summed E-state index contributed by atoms with van der Waals surface area (Å²) in [6.07, 6.45) is 3.81. The van der Waals surface area contributed by atoms with Crippen LogP contribution in [0.3, 0.4) is 0 Å². The summed E-state index contributed by atoms with van der Waals surface area (Å²) in [4.78, 5) is 47.7. The molecule has 0 radical (unpaired) electrons. The Bertz CT molecular complexity index is 1070. The van der Waals surface area contributed by atoms with Gasteiger partial charge in [-0.25, -0.2) is 9.86 Å². The summed E-state index contributed by atoms with van der Waals surface area (Å²) in [5.74, 6) is -3.08. The second-order valence-corrected chi connectivity index (χ2v) is 8.40. The second kappa shape index (κ2) is 13.8. The fourth-order valence-electron chi connectivity index (χ4n) is 4.02. The van der Waals surface area contributed by atoms with Crippen molar-refractivity contribution in [1.82, 2.24) is 15.7 Å². The lowest BCUT2D eigenvalue weighted by atomic mass is 9.90. The first-order chi connectivity index (χ1) is 17.2. The number of unbranched alkanes of at least 4 members (excludes halogenated alkanes) is 2. The monoisotopic (exact) mass is 499 g/mol. The highest BCUT2D eigenvalue weighted by atomic mass is 16.5. The van der Waals surface area contributed by atoms with Crippen molar-refractivity contribution in [2.45, 2.75) is 52.0 Å². The van der Waals surface area contributed by atoms with Crippen molar-refractivity contribution < 1.29 is 34.6 Å². The first-order valence-electron chi connectivity index (χ1n) is 11.9. The molecule has 0 fully saturated rings. The zero-order chi connectivity index (χ0) is 26.7. The van der Waals surface area contributed by atoms with Gasteiger partial charge < -0.3 is 20.8 Å². The number of nitrogens with one attached hydrogen (secondary N) is 2. The molecule has 3 amide bonds. The molecular formula is C26H33N3O7. The van der Waals surface area contributed by atoms with Gasteiger partial charge >= 0.3 is 5.97 Å². The highest BCUT2D eigenvalue weighted by Crippen LogP contribution is 2.27. The van der Waals surface area contributed by atoms with Crippen molar-refractivity contribution in [3.63, 3.8) is 0 Å². The van der Waals surface area contributed by atoms with Gasteiger partial charge in [-0.3, -0.25) is 19.6 Å². The van der Waals surface area contributed by atoms with Crippen LogP contribution < -0.4 is 10.6 Å². The van der Waals surface area contributed by atoms with E-state index in [0.29, 0.717) is 34.6 Å². The Morgan fingerprint density at radius 2 is 1.75 bits per heavy atom. The molecular weight excluding hydrogens is 466 g/mol. The number of phenols is 1. The van der Waals surface area contributed by atoms with Crippen molar-refractivity contribution in [1.29, 1.82) is 0 Å². The van der Waals surface area contributed by atoms with E-state index in [-0.39, 0.29) is 30.3 Å². The topological polar surface area (TPSA) is 156 Å². The highest BCUT2D eigenvalue weighted by molar-refractivity contribution is 5.96. The van der Waals surface area contributed by atoms with Crippen LogP contribution in [0.1, 0.15) is 66.7 Å². The van der Waals surface area contributed by atoms with Gasteiger partial charge in [0.1, 0.15) is 11.3 Å². The summed E-state index contributed by atoms with van der Waals surface area (Å²) in [6, 6.07) is 9.99. The van der Waals surface area contributed by atoms with E-state index in [9.17, 15) is 29.5 Å². The standard InChI is InChI=1S/C26H33N3O7/c1-3-5-6-10-20(22(4-2)29(36)16-30)25(33)28-15-27-24(32)19-9-7-8-17(13-19)18-11-12-21(26(34)35)23(31)14-18/h7-9,11-14,16,20,22,31,36H,3-6,10,15H2,1-2H3,(H,27,32)(H,28,33)(H,34,35)/t20-,22-/m1/s1. The molecule has 0 aliphatic carbocycles. The number of hydroxylamine groups is 2. The minimum Gasteiger partial charge on any atom is -0.507 e. The lowest BCUT2D eigenvalue weighted by Crippen LogP contribution is -2.47. The van der Waals surface area contributed by atoms with Crippen LogP contribution in [-0.4, -0.2) is 57.4 Å². The first-order valence-corrected chi connectivity index (χ1v) is 11.9. The van der Waals surface area contributed by atoms with Crippen molar-refractivity contribution in [2.24, 2.45) is 5.92 Å². The smallest absolute Gasteiger partial charge is 0.339 e. The minimum absolute atomic E-state index is 0.150. The first kappa shape index (κ1) is 28.3. The summed E-state index contributed by atoms with van der Waals surface area (Å²) in [5, 5.41) is 34.7. The average molecular weight is 500 g/mol. The fourth-order valence-corrected chi connectivity index (χ4v) is 4.02. The lowest BCUT2D eigenvalue weighted by molar-refractivity contribution is -0.168. The number of carboxylic acid groups (broad SMARTS) is 1. The van der Waals surface area contributed by atoms with Crippen molar-refractivity contribution in [2.75, 3.05) is 6.67 Å². The van der Waals surface area contributed by atoms with E-state index in [1.54, 1.807) is 31.2 Å². The lowest BCUT2D eigenvalue weighted by Gasteiger charge is -2.29. The van der Waals surface area contributed by atoms with Gasteiger partial charge in [0, 0.05) is 5.56 Å². The Kier molecular flexibility index (Phi) is 10.9. The third-order valence-electron chi connectivity index (χ3n) is 5.98. The fraction of sp³-hybridized carbons (Fsp3) is 0.385. The van der Waals surface area contributed by atoms with Gasteiger partial charge in [-0.05, 0) is 48.2 Å². The molecule has 0 aliphatic rings. The predicted octanol–water partition coefficient (Wildman–Crippen LogP) is 3.38. The number of carbonyl (C=O) groups is 4. The number of carbonyl (C=O) groups excluding carboxylic acids is 3. The number of hydrogen-bond acceptors (Lipinski definition) is 6. The number of hydrogen-bond donors (Lipinski definition) is 5. The summed E-state index contributed by atoms with van der Waals surface area (Å²) >= 11 is 0. The maximum Gasteiger partial charge on any atom is 0.339 e. The molecule has 10 heteroatoms. The Hall–Kier alpha value is -3.92. The highest BCUT2D eigenvalue weighted by Gasteiger charge is 2.30. The molecule has 5 N–H and O–H groups in total. The Morgan fingerprint density at radius 1 is 1.03 bits per heavy atom. The van der Waals surface area contributed by atoms with Crippen molar-refractivity contribution in [3.05, 3.63) is 53.6 Å². The van der Waals surface area contributed by atoms with E-state index < -0.39 is 23.8 Å². The Labute approximate surface area is 209 Å². The van der Waals surface area contributed by atoms with E-state index in [1.165, 1.54) is 18.2 Å². The largest absolute Gasteiger partial charge is 0.507 e. The quantitative estimate of drug-likeness (QED) is 0.0877. The van der Waals surface area contributed by atoms with Crippen LogP contribution in [-0.2, 0) is 9.59 Å². The van der Waals surface area contributed by atoms with E-state index in [1.807, 2.05) is 6.92 Å². The Balaban J connectivity index is 2.05. The van der Waals surface area contributed by atoms with Gasteiger partial charge in [0.2, 0.25) is 12.3 Å². The second-order valence-electron chi connectivity index (χ2n) is 8.40. The zero-order valence-electron chi connectivity index (χ0n) is 20.4. The van der Waals surface area contributed by atoms with Gasteiger partial charge in [0.25, 0.3) is 5.91 Å². The molecule has 0 saturated heterocycles. The number of carboxylic acids is 1. The van der Waals surface area contributed by atoms with Gasteiger partial charge in [0.05, 0.1) is 18.6 Å². The van der Waals surface area contributed by atoms with E-state index in [2.05, 4.69) is 10.6 Å². The number of aromatic hydroxyl groups is 1. The number of rotatable bonds is 14. The maximum absolute atomic E-state index is 12.8.